The predicted molar refractivity (Wildman–Crippen MR) is 116 cm³/mol. The van der Waals surface area contributed by atoms with Gasteiger partial charge >= 0.3 is 0 Å². The summed E-state index contributed by atoms with van der Waals surface area (Å²) >= 11 is 0. The van der Waals surface area contributed by atoms with Crippen molar-refractivity contribution in [2.45, 2.75) is 57.9 Å². The Balaban J connectivity index is 1.80. The fourth-order valence-electron chi connectivity index (χ4n) is 3.52. The molecule has 156 valence electrons. The lowest BCUT2D eigenvalue weighted by molar-refractivity contribution is -0.135. The SMILES string of the molecule is CC(C)C(=O)N1CCc2ccc(NS(=O)(=O)c3ccc(C(C)(C)C)cc3)cc2C1. The molecule has 1 amide bonds. The van der Waals surface area contributed by atoms with Gasteiger partial charge in [0.15, 0.2) is 0 Å². The first-order valence-electron chi connectivity index (χ1n) is 10.0. The van der Waals surface area contributed by atoms with Gasteiger partial charge in [0.25, 0.3) is 10.0 Å². The van der Waals surface area contributed by atoms with Crippen LogP contribution in [-0.4, -0.2) is 25.8 Å². The van der Waals surface area contributed by atoms with E-state index in [1.165, 1.54) is 0 Å². The zero-order chi connectivity index (χ0) is 21.4. The smallest absolute Gasteiger partial charge is 0.261 e. The molecule has 0 fully saturated rings. The summed E-state index contributed by atoms with van der Waals surface area (Å²) in [5.41, 5.74) is 3.72. The molecule has 0 spiro atoms. The Morgan fingerprint density at radius 2 is 1.69 bits per heavy atom. The summed E-state index contributed by atoms with van der Waals surface area (Å²) in [5, 5.41) is 0. The van der Waals surface area contributed by atoms with Gasteiger partial charge in [-0.05, 0) is 52.8 Å². The molecule has 0 aromatic heterocycles. The molecule has 1 heterocycles. The maximum atomic E-state index is 12.8. The Morgan fingerprint density at radius 1 is 1.03 bits per heavy atom. The number of hydrogen-bond acceptors (Lipinski definition) is 3. The van der Waals surface area contributed by atoms with Crippen molar-refractivity contribution in [3.8, 4) is 0 Å². The number of rotatable bonds is 4. The van der Waals surface area contributed by atoms with E-state index < -0.39 is 10.0 Å². The number of nitrogens with one attached hydrogen (secondary N) is 1. The van der Waals surface area contributed by atoms with Gasteiger partial charge in [-0.2, -0.15) is 0 Å². The van der Waals surface area contributed by atoms with Crippen LogP contribution in [-0.2, 0) is 33.2 Å². The van der Waals surface area contributed by atoms with Gasteiger partial charge in [0.2, 0.25) is 5.91 Å². The zero-order valence-electron chi connectivity index (χ0n) is 17.8. The van der Waals surface area contributed by atoms with Crippen LogP contribution in [0.1, 0.15) is 51.3 Å². The lowest BCUT2D eigenvalue weighted by Gasteiger charge is -2.30. The van der Waals surface area contributed by atoms with E-state index in [-0.39, 0.29) is 22.1 Å². The van der Waals surface area contributed by atoms with Gasteiger partial charge in [-0.15, -0.1) is 0 Å². The van der Waals surface area contributed by atoms with Crippen LogP contribution in [0.3, 0.4) is 0 Å². The molecule has 29 heavy (non-hydrogen) atoms. The number of carbonyl (C=O) groups excluding carboxylic acids is 1. The first-order chi connectivity index (χ1) is 13.5. The molecular formula is C23H30N2O3S. The molecule has 3 rings (SSSR count). The Bertz CT molecular complexity index is 1000. The van der Waals surface area contributed by atoms with E-state index in [9.17, 15) is 13.2 Å². The number of benzene rings is 2. The first-order valence-corrected chi connectivity index (χ1v) is 11.5. The van der Waals surface area contributed by atoms with Gasteiger partial charge in [-0.1, -0.05) is 52.8 Å². The molecule has 6 heteroatoms. The monoisotopic (exact) mass is 414 g/mol. The minimum Gasteiger partial charge on any atom is -0.338 e. The number of hydrogen-bond donors (Lipinski definition) is 1. The third-order valence-corrected chi connectivity index (χ3v) is 6.70. The van der Waals surface area contributed by atoms with Gasteiger partial charge in [0.1, 0.15) is 0 Å². The highest BCUT2D eigenvalue weighted by molar-refractivity contribution is 7.92. The van der Waals surface area contributed by atoms with Crippen molar-refractivity contribution in [1.82, 2.24) is 4.90 Å². The number of anilines is 1. The van der Waals surface area contributed by atoms with Gasteiger partial charge in [-0.25, -0.2) is 8.42 Å². The van der Waals surface area contributed by atoms with E-state index in [0.717, 1.165) is 23.1 Å². The third-order valence-electron chi connectivity index (χ3n) is 5.31. The van der Waals surface area contributed by atoms with Crippen LogP contribution in [0, 0.1) is 5.92 Å². The van der Waals surface area contributed by atoms with Crippen LogP contribution < -0.4 is 4.72 Å². The van der Waals surface area contributed by atoms with E-state index in [1.54, 1.807) is 18.2 Å². The highest BCUT2D eigenvalue weighted by atomic mass is 32.2. The summed E-state index contributed by atoms with van der Waals surface area (Å²) in [6.07, 6.45) is 0.787. The van der Waals surface area contributed by atoms with Crippen molar-refractivity contribution in [3.05, 3.63) is 59.2 Å². The number of amides is 1. The molecule has 0 atom stereocenters. The maximum absolute atomic E-state index is 12.8. The normalized spacial score (nSPS) is 14.6. The summed E-state index contributed by atoms with van der Waals surface area (Å²) in [5.74, 6) is 0.0786. The van der Waals surface area contributed by atoms with Crippen LogP contribution >= 0.6 is 0 Å². The molecule has 5 nitrogen and oxygen atoms in total. The molecule has 0 saturated carbocycles. The quantitative estimate of drug-likeness (QED) is 0.810. The van der Waals surface area contributed by atoms with Crippen molar-refractivity contribution in [1.29, 1.82) is 0 Å². The third kappa shape index (κ3) is 4.81. The van der Waals surface area contributed by atoms with Crippen LogP contribution in [0.15, 0.2) is 47.4 Å². The van der Waals surface area contributed by atoms with Gasteiger partial charge in [-0.3, -0.25) is 9.52 Å². The second kappa shape index (κ2) is 7.82. The van der Waals surface area contributed by atoms with E-state index >= 15 is 0 Å². The molecule has 0 bridgehead atoms. The van der Waals surface area contributed by atoms with Crippen LogP contribution in [0.4, 0.5) is 5.69 Å². The average molecular weight is 415 g/mol. The van der Waals surface area contributed by atoms with Crippen LogP contribution in [0.5, 0.6) is 0 Å². The summed E-state index contributed by atoms with van der Waals surface area (Å²) in [6.45, 7) is 11.3. The molecule has 2 aromatic carbocycles. The number of nitrogens with zero attached hydrogens (tertiary/aromatic N) is 1. The van der Waals surface area contributed by atoms with Gasteiger partial charge < -0.3 is 4.90 Å². The fraction of sp³-hybridized carbons (Fsp3) is 0.435. The van der Waals surface area contributed by atoms with Crippen molar-refractivity contribution >= 4 is 21.6 Å². The molecule has 0 radical (unpaired) electrons. The van der Waals surface area contributed by atoms with Crippen molar-refractivity contribution in [3.63, 3.8) is 0 Å². The van der Waals surface area contributed by atoms with Crippen LogP contribution in [0.2, 0.25) is 0 Å². The maximum Gasteiger partial charge on any atom is 0.261 e. The highest BCUT2D eigenvalue weighted by Gasteiger charge is 2.23. The average Bonchev–Trinajstić information content (AvgIpc) is 2.66. The summed E-state index contributed by atoms with van der Waals surface area (Å²) < 4.78 is 28.3. The second-order valence-corrected chi connectivity index (χ2v) is 10.7. The Labute approximate surface area is 174 Å². The minimum atomic E-state index is -3.68. The topological polar surface area (TPSA) is 66.5 Å². The minimum absolute atomic E-state index is 0.0342. The van der Waals surface area contributed by atoms with Crippen LogP contribution in [0.25, 0.3) is 0 Å². The summed E-state index contributed by atoms with van der Waals surface area (Å²) in [6, 6.07) is 12.6. The molecule has 1 aliphatic rings. The number of carbonyl (C=O) groups is 1. The molecule has 2 aromatic rings. The number of sulfonamides is 1. The van der Waals surface area contributed by atoms with E-state index in [2.05, 4.69) is 25.5 Å². The molecule has 1 aliphatic heterocycles. The highest BCUT2D eigenvalue weighted by Crippen LogP contribution is 2.27. The van der Waals surface area contributed by atoms with Gasteiger partial charge in [0, 0.05) is 24.7 Å². The fourth-order valence-corrected chi connectivity index (χ4v) is 4.57. The molecular weight excluding hydrogens is 384 g/mol. The van der Waals surface area contributed by atoms with E-state index in [1.807, 2.05) is 43.0 Å². The van der Waals surface area contributed by atoms with E-state index in [0.29, 0.717) is 18.8 Å². The molecule has 0 aliphatic carbocycles. The number of fused-ring (bicyclic) bond motifs is 1. The largest absolute Gasteiger partial charge is 0.338 e. The Kier molecular flexibility index (Phi) is 5.77. The van der Waals surface area contributed by atoms with Crippen molar-refractivity contribution < 1.29 is 13.2 Å². The van der Waals surface area contributed by atoms with Gasteiger partial charge in [0.05, 0.1) is 4.90 Å². The molecule has 1 N–H and O–H groups in total. The molecule has 0 unspecified atom stereocenters. The first kappa shape index (κ1) is 21.4. The summed E-state index contributed by atoms with van der Waals surface area (Å²) in [7, 11) is -3.68. The predicted octanol–water partition coefficient (Wildman–Crippen LogP) is 4.33. The molecule has 0 saturated heterocycles. The lowest BCUT2D eigenvalue weighted by Crippen LogP contribution is -2.38. The Hall–Kier alpha value is -2.34. The zero-order valence-corrected chi connectivity index (χ0v) is 18.6. The Morgan fingerprint density at radius 3 is 2.28 bits per heavy atom. The standard InChI is InChI=1S/C23H30N2O3S/c1-16(2)22(26)25-13-12-17-6-9-20(14-18(17)15-25)24-29(27,28)21-10-7-19(8-11-21)23(3,4)5/h6-11,14,16,24H,12-13,15H2,1-5H3. The van der Waals surface area contributed by atoms with Crippen molar-refractivity contribution in [2.75, 3.05) is 11.3 Å². The second-order valence-electron chi connectivity index (χ2n) is 9.03. The van der Waals surface area contributed by atoms with Crippen molar-refractivity contribution in [2.24, 2.45) is 5.92 Å². The van der Waals surface area contributed by atoms with E-state index in [4.69, 9.17) is 0 Å². The summed E-state index contributed by atoms with van der Waals surface area (Å²) in [4.78, 5) is 14.4. The lowest BCUT2D eigenvalue weighted by atomic mass is 9.87.